The minimum Gasteiger partial charge on any atom is -0.475 e. The highest BCUT2D eigenvalue weighted by Gasteiger charge is 2.38. The number of hydrogen-bond donors (Lipinski definition) is 2. The Bertz CT molecular complexity index is 1230. The Kier molecular flexibility index (Phi) is 11.7. The van der Waals surface area contributed by atoms with E-state index in [-0.39, 0.29) is 24.2 Å². The van der Waals surface area contributed by atoms with Gasteiger partial charge in [-0.15, -0.1) is 0 Å². The highest BCUT2D eigenvalue weighted by Crippen LogP contribution is 2.21. The minimum absolute atomic E-state index is 0.0329. The standard InChI is InChI=1S/C26H36N4O3S.C2HF3O2/c1-22-7-9-24(10-8-22)26(31)30(19-20-34(32,33)29-17-13-27-14-18-29)25-11-15-28(16-12-25)21-23-5-3-2-4-6-23;3-2(4,5)1(6)7/h2-10,25,27H,11-21H2,1H3;(H,6,7). The number of nitrogens with one attached hydrogen (secondary N) is 1. The Balaban J connectivity index is 0.000000587. The van der Waals surface area contributed by atoms with Gasteiger partial charge in [-0.1, -0.05) is 48.0 Å². The van der Waals surface area contributed by atoms with Gasteiger partial charge < -0.3 is 15.3 Å². The Labute approximate surface area is 239 Å². The molecule has 0 unspecified atom stereocenters. The SMILES string of the molecule is Cc1ccc(C(=O)N(CCS(=O)(=O)N2CCNCC2)C2CCN(Cc3ccccc3)CC2)cc1.O=C(O)C(F)(F)F. The summed E-state index contributed by atoms with van der Waals surface area (Å²) in [7, 11) is -3.40. The molecule has 2 heterocycles. The number of amides is 1. The molecule has 0 aromatic heterocycles. The lowest BCUT2D eigenvalue weighted by molar-refractivity contribution is -0.192. The van der Waals surface area contributed by atoms with Crippen molar-refractivity contribution in [2.75, 3.05) is 51.6 Å². The van der Waals surface area contributed by atoms with E-state index in [1.54, 1.807) is 4.31 Å². The number of aliphatic carboxylic acids is 1. The first-order valence-corrected chi connectivity index (χ1v) is 15.1. The molecule has 2 fully saturated rings. The molecule has 0 bridgehead atoms. The predicted molar refractivity (Wildman–Crippen MR) is 149 cm³/mol. The zero-order chi connectivity index (χ0) is 30.0. The number of piperazine rings is 1. The molecule has 9 nitrogen and oxygen atoms in total. The van der Waals surface area contributed by atoms with Crippen LogP contribution in [0.4, 0.5) is 13.2 Å². The smallest absolute Gasteiger partial charge is 0.475 e. The van der Waals surface area contributed by atoms with Crippen molar-refractivity contribution in [3.8, 4) is 0 Å². The summed E-state index contributed by atoms with van der Waals surface area (Å²) in [6.07, 6.45) is -3.39. The molecule has 0 saturated carbocycles. The van der Waals surface area contributed by atoms with E-state index < -0.39 is 22.2 Å². The maximum absolute atomic E-state index is 13.5. The number of carbonyl (C=O) groups excluding carboxylic acids is 1. The van der Waals surface area contributed by atoms with E-state index in [0.717, 1.165) is 38.0 Å². The van der Waals surface area contributed by atoms with Crippen molar-refractivity contribution < 1.29 is 36.3 Å². The number of carbonyl (C=O) groups is 2. The summed E-state index contributed by atoms with van der Waals surface area (Å²) in [5.41, 5.74) is 3.01. The second-order valence-electron chi connectivity index (χ2n) is 10.1. The van der Waals surface area contributed by atoms with E-state index in [1.807, 2.05) is 42.2 Å². The van der Waals surface area contributed by atoms with E-state index in [1.165, 1.54) is 5.56 Å². The fraction of sp³-hybridized carbons (Fsp3) is 0.500. The maximum atomic E-state index is 13.5. The third-order valence-electron chi connectivity index (χ3n) is 7.11. The molecule has 2 aliphatic rings. The molecule has 0 atom stereocenters. The number of carboxylic acids is 1. The van der Waals surface area contributed by atoms with E-state index in [9.17, 15) is 26.4 Å². The van der Waals surface area contributed by atoms with Crippen LogP contribution in [-0.4, -0.2) is 103 Å². The first-order chi connectivity index (χ1) is 19.4. The monoisotopic (exact) mass is 598 g/mol. The Morgan fingerprint density at radius 3 is 2.07 bits per heavy atom. The van der Waals surface area contributed by atoms with Crippen molar-refractivity contribution in [3.05, 3.63) is 71.3 Å². The molecule has 1 amide bonds. The summed E-state index contributed by atoms with van der Waals surface area (Å²) in [6.45, 7) is 7.23. The number of carboxylic acid groups (broad SMARTS) is 1. The van der Waals surface area contributed by atoms with Crippen LogP contribution >= 0.6 is 0 Å². The van der Waals surface area contributed by atoms with Gasteiger partial charge in [-0.05, 0) is 37.5 Å². The lowest BCUT2D eigenvalue weighted by Gasteiger charge is -2.39. The highest BCUT2D eigenvalue weighted by molar-refractivity contribution is 7.89. The maximum Gasteiger partial charge on any atom is 0.490 e. The van der Waals surface area contributed by atoms with Crippen molar-refractivity contribution in [1.29, 1.82) is 0 Å². The van der Waals surface area contributed by atoms with Gasteiger partial charge in [-0.2, -0.15) is 17.5 Å². The highest BCUT2D eigenvalue weighted by atomic mass is 32.2. The van der Waals surface area contributed by atoms with Gasteiger partial charge in [-0.3, -0.25) is 9.69 Å². The van der Waals surface area contributed by atoms with Gasteiger partial charge in [-0.25, -0.2) is 13.2 Å². The summed E-state index contributed by atoms with van der Waals surface area (Å²) in [5.74, 6) is -2.86. The van der Waals surface area contributed by atoms with E-state index in [0.29, 0.717) is 31.7 Å². The van der Waals surface area contributed by atoms with Gasteiger partial charge in [0.05, 0.1) is 5.75 Å². The summed E-state index contributed by atoms with van der Waals surface area (Å²) in [6, 6.07) is 18.0. The summed E-state index contributed by atoms with van der Waals surface area (Å²) in [5, 5.41) is 10.3. The van der Waals surface area contributed by atoms with E-state index in [2.05, 4.69) is 34.5 Å². The molecule has 4 rings (SSSR count). The van der Waals surface area contributed by atoms with Crippen LogP contribution in [-0.2, 0) is 21.4 Å². The van der Waals surface area contributed by atoms with Gasteiger partial charge >= 0.3 is 12.1 Å². The van der Waals surface area contributed by atoms with Crippen LogP contribution < -0.4 is 5.32 Å². The van der Waals surface area contributed by atoms with Crippen LogP contribution in [0.25, 0.3) is 0 Å². The predicted octanol–water partition coefficient (Wildman–Crippen LogP) is 2.97. The zero-order valence-electron chi connectivity index (χ0n) is 23.0. The Hall–Kier alpha value is -3.00. The molecule has 0 radical (unpaired) electrons. The van der Waals surface area contributed by atoms with Crippen LogP contribution in [0, 0.1) is 6.92 Å². The molecule has 2 aromatic rings. The number of likely N-dealkylation sites (tertiary alicyclic amines) is 1. The number of hydrogen-bond acceptors (Lipinski definition) is 6. The van der Waals surface area contributed by atoms with Crippen molar-refractivity contribution in [3.63, 3.8) is 0 Å². The molecule has 226 valence electrons. The number of aryl methyl sites for hydroxylation is 1. The third kappa shape index (κ3) is 10.1. The van der Waals surface area contributed by atoms with Gasteiger partial charge in [0.1, 0.15) is 0 Å². The van der Waals surface area contributed by atoms with Gasteiger partial charge in [0.25, 0.3) is 5.91 Å². The van der Waals surface area contributed by atoms with Crippen LogP contribution in [0.2, 0.25) is 0 Å². The molecule has 2 aromatic carbocycles. The van der Waals surface area contributed by atoms with Crippen molar-refractivity contribution in [2.45, 2.75) is 38.5 Å². The van der Waals surface area contributed by atoms with Crippen LogP contribution in [0.5, 0.6) is 0 Å². The largest absolute Gasteiger partial charge is 0.490 e. The molecule has 0 spiro atoms. The first-order valence-electron chi connectivity index (χ1n) is 13.5. The molecule has 41 heavy (non-hydrogen) atoms. The van der Waals surface area contributed by atoms with Crippen molar-refractivity contribution in [2.24, 2.45) is 0 Å². The molecule has 2 aliphatic heterocycles. The third-order valence-corrected chi connectivity index (χ3v) is 8.96. The quantitative estimate of drug-likeness (QED) is 0.481. The number of sulfonamides is 1. The number of rotatable bonds is 8. The molecule has 0 aliphatic carbocycles. The Morgan fingerprint density at radius 1 is 0.976 bits per heavy atom. The van der Waals surface area contributed by atoms with Gasteiger partial charge in [0.15, 0.2) is 0 Å². The number of piperidine rings is 1. The fourth-order valence-electron chi connectivity index (χ4n) is 4.81. The second-order valence-corrected chi connectivity index (χ2v) is 12.2. The summed E-state index contributed by atoms with van der Waals surface area (Å²) in [4.78, 5) is 26.6. The van der Waals surface area contributed by atoms with Gasteiger partial charge in [0, 0.05) is 64.0 Å². The van der Waals surface area contributed by atoms with Crippen LogP contribution in [0.15, 0.2) is 54.6 Å². The average Bonchev–Trinajstić information content (AvgIpc) is 2.95. The average molecular weight is 599 g/mol. The molecule has 2 N–H and O–H groups in total. The molecule has 2 saturated heterocycles. The lowest BCUT2D eigenvalue weighted by atomic mass is 10.0. The second kappa shape index (κ2) is 14.8. The molecular weight excluding hydrogens is 561 g/mol. The molecule has 13 heteroatoms. The van der Waals surface area contributed by atoms with Crippen LogP contribution in [0.3, 0.4) is 0 Å². The lowest BCUT2D eigenvalue weighted by Crippen LogP contribution is -2.51. The summed E-state index contributed by atoms with van der Waals surface area (Å²) < 4.78 is 59.3. The molecular formula is C28H37F3N4O5S. The topological polar surface area (TPSA) is 110 Å². The van der Waals surface area contributed by atoms with E-state index >= 15 is 0 Å². The number of nitrogens with zero attached hydrogens (tertiary/aromatic N) is 3. The number of benzene rings is 2. The summed E-state index contributed by atoms with van der Waals surface area (Å²) >= 11 is 0. The number of halogens is 3. The van der Waals surface area contributed by atoms with Crippen LogP contribution in [0.1, 0.15) is 34.3 Å². The van der Waals surface area contributed by atoms with Crippen molar-refractivity contribution in [1.82, 2.24) is 19.4 Å². The van der Waals surface area contributed by atoms with E-state index in [4.69, 9.17) is 9.90 Å². The minimum atomic E-state index is -5.08. The fourth-order valence-corrected chi connectivity index (χ4v) is 6.23. The van der Waals surface area contributed by atoms with Crippen molar-refractivity contribution >= 4 is 21.9 Å². The zero-order valence-corrected chi connectivity index (χ0v) is 23.8. The Morgan fingerprint density at radius 2 is 1.54 bits per heavy atom. The normalized spacial score (nSPS) is 17.4. The number of alkyl halides is 3. The first kappa shape index (κ1) is 32.5. The van der Waals surface area contributed by atoms with Gasteiger partial charge in [0.2, 0.25) is 10.0 Å².